The monoisotopic (exact) mass is 645 g/mol. The van der Waals surface area contributed by atoms with E-state index in [1.807, 2.05) is 33.0 Å². The SMILES string of the molecule is CC(C)(CC=O)COC1=CC=CCC1.CNCCCC(=O)NCCOCCOCC(=O)NCCOCCOCC(C)=O.O=CO. The smallest absolute Gasteiger partial charge is 0.290 e. The van der Waals surface area contributed by atoms with Crippen LogP contribution in [0.5, 0.6) is 0 Å². The third-order valence-corrected chi connectivity index (χ3v) is 5.51. The van der Waals surface area contributed by atoms with Crippen molar-refractivity contribution < 1.29 is 52.8 Å². The molecule has 0 atom stereocenters. The number of hydrogen-bond acceptors (Lipinski definition) is 11. The fourth-order valence-corrected chi connectivity index (χ4v) is 3.18. The van der Waals surface area contributed by atoms with Crippen LogP contribution < -0.4 is 16.0 Å². The highest BCUT2D eigenvalue weighted by Gasteiger charge is 2.18. The van der Waals surface area contributed by atoms with Crippen molar-refractivity contribution in [3.63, 3.8) is 0 Å². The minimum atomic E-state index is -0.250. The van der Waals surface area contributed by atoms with Crippen LogP contribution in [0, 0.1) is 5.41 Å². The van der Waals surface area contributed by atoms with Gasteiger partial charge in [0.1, 0.15) is 19.5 Å². The Bertz CT molecular complexity index is 849. The molecule has 0 aromatic heterocycles. The van der Waals surface area contributed by atoms with Gasteiger partial charge in [0.2, 0.25) is 11.8 Å². The van der Waals surface area contributed by atoms with Crippen LogP contribution >= 0.6 is 0 Å². The van der Waals surface area contributed by atoms with E-state index in [-0.39, 0.29) is 42.7 Å². The quantitative estimate of drug-likeness (QED) is 0.0827. The van der Waals surface area contributed by atoms with Crippen LogP contribution in [-0.2, 0) is 47.7 Å². The third-order valence-electron chi connectivity index (χ3n) is 5.51. The van der Waals surface area contributed by atoms with E-state index in [1.165, 1.54) is 6.92 Å². The Morgan fingerprint density at radius 1 is 0.889 bits per heavy atom. The standard InChI is InChI=1S/C18H35N3O7.C12H18O2.CH2O2/c1-16(22)14-27-12-10-26-9-7-21-18(24)15-28-13-11-25-8-6-20-17(23)4-3-5-19-2;1-12(2,8-9-13)10-14-11-6-4-3-5-7-11;2-1-3/h19H,3-15H2,1-2H3,(H,20,23)(H,21,24);3-4,6,9H,5,7-8,10H2,1-2H3;1H,(H,2,3). The first kappa shape index (κ1) is 44.0. The zero-order chi connectivity index (χ0) is 34.0. The first-order chi connectivity index (χ1) is 21.6. The number of carbonyl (C=O) groups excluding carboxylic acids is 4. The van der Waals surface area contributed by atoms with E-state index in [0.717, 1.165) is 37.9 Å². The summed E-state index contributed by atoms with van der Waals surface area (Å²) in [6, 6.07) is 0. The lowest BCUT2D eigenvalue weighted by atomic mass is 9.91. The molecule has 1 aliphatic carbocycles. The van der Waals surface area contributed by atoms with Crippen LogP contribution in [-0.4, -0.2) is 122 Å². The number of nitrogens with one attached hydrogen (secondary N) is 3. The number of allylic oxidation sites excluding steroid dienone is 4. The normalized spacial score (nSPS) is 12.0. The number of hydrogen-bond donors (Lipinski definition) is 4. The Labute approximate surface area is 267 Å². The van der Waals surface area contributed by atoms with Crippen LogP contribution in [0.25, 0.3) is 0 Å². The highest BCUT2D eigenvalue weighted by molar-refractivity contribution is 5.77. The summed E-state index contributed by atoms with van der Waals surface area (Å²) in [4.78, 5) is 52.4. The molecule has 260 valence electrons. The fourth-order valence-electron chi connectivity index (χ4n) is 3.18. The molecule has 0 saturated carbocycles. The van der Waals surface area contributed by atoms with E-state index in [2.05, 4.69) is 22.0 Å². The van der Waals surface area contributed by atoms with Crippen molar-refractivity contribution in [2.45, 2.75) is 52.9 Å². The second kappa shape index (κ2) is 32.2. The third kappa shape index (κ3) is 35.2. The summed E-state index contributed by atoms with van der Waals surface area (Å²) in [5, 5.41) is 15.3. The first-order valence-corrected chi connectivity index (χ1v) is 15.1. The highest BCUT2D eigenvalue weighted by atomic mass is 16.5. The maximum Gasteiger partial charge on any atom is 0.290 e. The summed E-state index contributed by atoms with van der Waals surface area (Å²) in [6.07, 6.45) is 11.0. The van der Waals surface area contributed by atoms with Gasteiger partial charge in [-0.25, -0.2) is 0 Å². The van der Waals surface area contributed by atoms with E-state index >= 15 is 0 Å². The molecule has 45 heavy (non-hydrogen) atoms. The van der Waals surface area contributed by atoms with E-state index < -0.39 is 0 Å². The molecule has 2 amide bonds. The summed E-state index contributed by atoms with van der Waals surface area (Å²) in [5.41, 5.74) is -0.0518. The Morgan fingerprint density at radius 2 is 1.47 bits per heavy atom. The Morgan fingerprint density at radius 3 is 2.00 bits per heavy atom. The molecule has 0 radical (unpaired) electrons. The Hall–Kier alpha value is -3.17. The maximum atomic E-state index is 11.5. The number of carbonyl (C=O) groups is 5. The number of carboxylic acid groups (broad SMARTS) is 1. The number of rotatable bonds is 25. The molecule has 1 aliphatic rings. The second-order valence-electron chi connectivity index (χ2n) is 10.5. The molecule has 14 heteroatoms. The van der Waals surface area contributed by atoms with Crippen molar-refractivity contribution in [3.8, 4) is 0 Å². The minimum absolute atomic E-state index is 0.0133. The van der Waals surface area contributed by atoms with Crippen LogP contribution in [0.2, 0.25) is 0 Å². The molecule has 0 aliphatic heterocycles. The summed E-state index contributed by atoms with van der Waals surface area (Å²) in [5.74, 6) is 0.788. The molecule has 0 fully saturated rings. The molecule has 14 nitrogen and oxygen atoms in total. The fraction of sp³-hybridized carbons (Fsp3) is 0.710. The molecule has 0 aromatic carbocycles. The summed E-state index contributed by atoms with van der Waals surface area (Å²) in [7, 11) is 1.85. The number of Topliss-reactive ketones (excluding diaryl/α,β-unsaturated/α-hetero) is 1. The topological polar surface area (TPSA) is 188 Å². The molecule has 0 unspecified atom stereocenters. The van der Waals surface area contributed by atoms with Gasteiger partial charge in [-0.05, 0) is 39.4 Å². The summed E-state index contributed by atoms with van der Waals surface area (Å²) in [6.45, 7) is 9.73. The van der Waals surface area contributed by atoms with Gasteiger partial charge in [0.15, 0.2) is 5.78 Å². The highest BCUT2D eigenvalue weighted by Crippen LogP contribution is 2.22. The largest absolute Gasteiger partial charge is 0.497 e. The molecule has 0 bridgehead atoms. The van der Waals surface area contributed by atoms with Crippen molar-refractivity contribution in [2.24, 2.45) is 5.41 Å². The van der Waals surface area contributed by atoms with Gasteiger partial charge in [0, 0.05) is 37.8 Å². The lowest BCUT2D eigenvalue weighted by Gasteiger charge is -2.23. The number of amides is 2. The van der Waals surface area contributed by atoms with Crippen LogP contribution in [0.4, 0.5) is 0 Å². The van der Waals surface area contributed by atoms with Crippen LogP contribution in [0.3, 0.4) is 0 Å². The Kier molecular flexibility index (Phi) is 31.5. The van der Waals surface area contributed by atoms with Gasteiger partial charge in [-0.1, -0.05) is 26.0 Å². The molecule has 1 rings (SSSR count). The van der Waals surface area contributed by atoms with Crippen molar-refractivity contribution in [3.05, 3.63) is 24.0 Å². The molecule has 0 saturated heterocycles. The van der Waals surface area contributed by atoms with E-state index in [9.17, 15) is 19.2 Å². The lowest BCUT2D eigenvalue weighted by molar-refractivity contribution is -0.127. The van der Waals surface area contributed by atoms with Gasteiger partial charge in [-0.15, -0.1) is 0 Å². The Balaban J connectivity index is 0. The number of aldehydes is 1. The zero-order valence-corrected chi connectivity index (χ0v) is 27.4. The van der Waals surface area contributed by atoms with E-state index in [4.69, 9.17) is 33.6 Å². The van der Waals surface area contributed by atoms with E-state index in [1.54, 1.807) is 0 Å². The van der Waals surface area contributed by atoms with Gasteiger partial charge in [-0.3, -0.25) is 19.2 Å². The van der Waals surface area contributed by atoms with Gasteiger partial charge < -0.3 is 49.5 Å². The molecular formula is C31H55N3O11. The predicted octanol–water partition coefficient (Wildman–Crippen LogP) is 1.43. The summed E-state index contributed by atoms with van der Waals surface area (Å²) < 4.78 is 26.4. The second-order valence-corrected chi connectivity index (χ2v) is 10.5. The molecule has 0 aromatic rings. The van der Waals surface area contributed by atoms with Gasteiger partial charge in [0.25, 0.3) is 6.47 Å². The van der Waals surface area contributed by atoms with E-state index in [0.29, 0.717) is 72.2 Å². The van der Waals surface area contributed by atoms with Crippen molar-refractivity contribution in [2.75, 3.05) is 86.1 Å². The van der Waals surface area contributed by atoms with Crippen LogP contribution in [0.15, 0.2) is 24.0 Å². The molecule has 4 N–H and O–H groups in total. The van der Waals surface area contributed by atoms with Crippen molar-refractivity contribution >= 4 is 30.4 Å². The van der Waals surface area contributed by atoms with Crippen molar-refractivity contribution in [1.29, 1.82) is 0 Å². The minimum Gasteiger partial charge on any atom is -0.497 e. The number of ether oxygens (including phenoxy) is 5. The molecular weight excluding hydrogens is 590 g/mol. The van der Waals surface area contributed by atoms with Gasteiger partial charge >= 0.3 is 0 Å². The average molecular weight is 646 g/mol. The molecule has 0 spiro atoms. The predicted molar refractivity (Wildman–Crippen MR) is 169 cm³/mol. The van der Waals surface area contributed by atoms with Crippen LogP contribution in [0.1, 0.15) is 52.9 Å². The van der Waals surface area contributed by atoms with Gasteiger partial charge in [0.05, 0.1) is 52.0 Å². The zero-order valence-electron chi connectivity index (χ0n) is 27.4. The average Bonchev–Trinajstić information content (AvgIpc) is 3.00. The number of ketones is 1. The summed E-state index contributed by atoms with van der Waals surface area (Å²) >= 11 is 0. The van der Waals surface area contributed by atoms with Gasteiger partial charge in [-0.2, -0.15) is 0 Å². The van der Waals surface area contributed by atoms with Crippen molar-refractivity contribution in [1.82, 2.24) is 16.0 Å². The first-order valence-electron chi connectivity index (χ1n) is 15.1. The molecule has 0 heterocycles. The lowest BCUT2D eigenvalue weighted by Crippen LogP contribution is -2.31. The maximum absolute atomic E-state index is 11.5.